The zero-order valence-electron chi connectivity index (χ0n) is 5.62. The van der Waals surface area contributed by atoms with E-state index in [2.05, 4.69) is 23.3 Å². The maximum Gasteiger partial charge on any atom is 0.0879 e. The van der Waals surface area contributed by atoms with E-state index in [-0.39, 0.29) is 0 Å². The van der Waals surface area contributed by atoms with Crippen molar-refractivity contribution < 1.29 is 0 Å². The molecule has 50 valence electrons. The summed E-state index contributed by atoms with van der Waals surface area (Å²) in [4.78, 5) is 7.67. The van der Waals surface area contributed by atoms with Crippen LogP contribution in [0.2, 0.25) is 0 Å². The van der Waals surface area contributed by atoms with Gasteiger partial charge in [0.2, 0.25) is 0 Å². The molecule has 2 heteroatoms. The average molecular weight is 132 g/mol. The van der Waals surface area contributed by atoms with Crippen LogP contribution in [0.25, 0.3) is 5.70 Å². The third kappa shape index (κ3) is 1.29. The molecule has 0 atom stereocenters. The van der Waals surface area contributed by atoms with Gasteiger partial charge in [0, 0.05) is 6.20 Å². The first-order valence-electron chi connectivity index (χ1n) is 2.91. The summed E-state index contributed by atoms with van der Waals surface area (Å²) < 4.78 is 0. The summed E-state index contributed by atoms with van der Waals surface area (Å²) in [7, 11) is 0. The van der Waals surface area contributed by atoms with Gasteiger partial charge in [0.05, 0.1) is 11.4 Å². The van der Waals surface area contributed by atoms with Gasteiger partial charge in [-0.15, -0.1) is 0 Å². The van der Waals surface area contributed by atoms with Crippen molar-refractivity contribution in [1.82, 2.24) is 4.98 Å². The van der Waals surface area contributed by atoms with Gasteiger partial charge in [0.25, 0.3) is 0 Å². The first-order valence-corrected chi connectivity index (χ1v) is 2.91. The number of hydrogen-bond donors (Lipinski definition) is 0. The van der Waals surface area contributed by atoms with Crippen molar-refractivity contribution in [3.05, 3.63) is 36.7 Å². The zero-order chi connectivity index (χ0) is 7.40. The molecule has 0 spiro atoms. The van der Waals surface area contributed by atoms with Crippen molar-refractivity contribution in [2.45, 2.75) is 0 Å². The Balaban J connectivity index is 2.95. The van der Waals surface area contributed by atoms with E-state index in [0.717, 1.165) is 5.69 Å². The van der Waals surface area contributed by atoms with E-state index in [0.29, 0.717) is 5.70 Å². The topological polar surface area (TPSA) is 25.2 Å². The van der Waals surface area contributed by atoms with Crippen LogP contribution in [0.3, 0.4) is 0 Å². The summed E-state index contributed by atoms with van der Waals surface area (Å²) in [5.74, 6) is 0. The summed E-state index contributed by atoms with van der Waals surface area (Å²) in [6, 6.07) is 5.58. The van der Waals surface area contributed by atoms with E-state index in [1.165, 1.54) is 0 Å². The van der Waals surface area contributed by atoms with Gasteiger partial charge in [0.1, 0.15) is 0 Å². The van der Waals surface area contributed by atoms with Gasteiger partial charge in [-0.25, -0.2) is 0 Å². The standard InChI is InChI=1S/C8H8N2/c1-7(9-2)8-5-3-4-6-10-8/h3-6H,1-2H2. The number of pyridine rings is 1. The lowest BCUT2D eigenvalue weighted by atomic mass is 10.3. The second-order valence-electron chi connectivity index (χ2n) is 1.82. The van der Waals surface area contributed by atoms with Gasteiger partial charge in [-0.05, 0) is 18.9 Å². The summed E-state index contributed by atoms with van der Waals surface area (Å²) in [6.45, 7) is 7.00. The fourth-order valence-corrected chi connectivity index (χ4v) is 0.614. The molecule has 0 amide bonds. The fourth-order valence-electron chi connectivity index (χ4n) is 0.614. The van der Waals surface area contributed by atoms with Crippen LogP contribution >= 0.6 is 0 Å². The monoisotopic (exact) mass is 132 g/mol. The van der Waals surface area contributed by atoms with Crippen LogP contribution in [0, 0.1) is 0 Å². The fraction of sp³-hybridized carbons (Fsp3) is 0. The van der Waals surface area contributed by atoms with Gasteiger partial charge in [-0.3, -0.25) is 9.98 Å². The highest BCUT2D eigenvalue weighted by Gasteiger charge is 1.92. The number of hydrogen-bond acceptors (Lipinski definition) is 2. The first kappa shape index (κ1) is 6.68. The highest BCUT2D eigenvalue weighted by Crippen LogP contribution is 2.07. The van der Waals surface area contributed by atoms with Crippen LogP contribution in [0.15, 0.2) is 36.0 Å². The Morgan fingerprint density at radius 1 is 1.50 bits per heavy atom. The van der Waals surface area contributed by atoms with Gasteiger partial charge in [0.15, 0.2) is 0 Å². The molecule has 0 unspecified atom stereocenters. The molecule has 0 saturated heterocycles. The van der Waals surface area contributed by atoms with E-state index in [1.807, 2.05) is 18.2 Å². The molecule has 1 aromatic heterocycles. The number of aliphatic imine (C=N–C) groups is 1. The van der Waals surface area contributed by atoms with E-state index >= 15 is 0 Å². The third-order valence-electron chi connectivity index (χ3n) is 1.15. The highest BCUT2D eigenvalue weighted by atomic mass is 14.8. The number of rotatable bonds is 2. The van der Waals surface area contributed by atoms with E-state index in [4.69, 9.17) is 0 Å². The van der Waals surface area contributed by atoms with Crippen molar-refractivity contribution >= 4 is 12.4 Å². The Kier molecular flexibility index (Phi) is 1.95. The first-order chi connectivity index (χ1) is 4.84. The van der Waals surface area contributed by atoms with Crippen molar-refractivity contribution in [2.24, 2.45) is 4.99 Å². The number of nitrogens with zero attached hydrogens (tertiary/aromatic N) is 2. The molecule has 0 aliphatic rings. The molecule has 10 heavy (non-hydrogen) atoms. The minimum absolute atomic E-state index is 0.612. The predicted octanol–water partition coefficient (Wildman–Crippen LogP) is 1.75. The zero-order valence-corrected chi connectivity index (χ0v) is 5.62. The molecule has 0 aromatic carbocycles. The van der Waals surface area contributed by atoms with Crippen LogP contribution in [0.5, 0.6) is 0 Å². The molecule has 0 aliphatic heterocycles. The molecule has 0 aliphatic carbocycles. The highest BCUT2D eigenvalue weighted by molar-refractivity contribution is 5.62. The third-order valence-corrected chi connectivity index (χ3v) is 1.15. The van der Waals surface area contributed by atoms with E-state index in [1.54, 1.807) is 6.20 Å². The molecule has 0 N–H and O–H groups in total. The Morgan fingerprint density at radius 2 is 2.30 bits per heavy atom. The van der Waals surface area contributed by atoms with Crippen LogP contribution < -0.4 is 0 Å². The molecule has 0 fully saturated rings. The SMILES string of the molecule is C=NC(=C)c1ccccn1. The largest absolute Gasteiger partial charge is 0.263 e. The maximum atomic E-state index is 4.02. The molecule has 2 nitrogen and oxygen atoms in total. The van der Waals surface area contributed by atoms with Crippen LogP contribution in [0.4, 0.5) is 0 Å². The molecule has 0 bridgehead atoms. The normalized spacial score (nSPS) is 8.80. The van der Waals surface area contributed by atoms with E-state index in [9.17, 15) is 0 Å². The lowest BCUT2D eigenvalue weighted by Crippen LogP contribution is -1.81. The Hall–Kier alpha value is -1.44. The van der Waals surface area contributed by atoms with Gasteiger partial charge in [-0.1, -0.05) is 12.6 Å². The minimum atomic E-state index is 0.612. The van der Waals surface area contributed by atoms with Crippen molar-refractivity contribution in [1.29, 1.82) is 0 Å². The summed E-state index contributed by atoms with van der Waals surface area (Å²) >= 11 is 0. The van der Waals surface area contributed by atoms with Crippen molar-refractivity contribution in [3.8, 4) is 0 Å². The Bertz CT molecular complexity index is 239. The van der Waals surface area contributed by atoms with Crippen LogP contribution in [-0.4, -0.2) is 11.7 Å². The Labute approximate surface area is 60.0 Å². The van der Waals surface area contributed by atoms with Gasteiger partial charge < -0.3 is 0 Å². The van der Waals surface area contributed by atoms with Crippen molar-refractivity contribution in [3.63, 3.8) is 0 Å². The van der Waals surface area contributed by atoms with Crippen molar-refractivity contribution in [2.75, 3.05) is 0 Å². The predicted molar refractivity (Wildman–Crippen MR) is 42.8 cm³/mol. The quantitative estimate of drug-likeness (QED) is 0.563. The van der Waals surface area contributed by atoms with Crippen LogP contribution in [-0.2, 0) is 0 Å². The molecule has 1 aromatic rings. The molecule has 1 rings (SSSR count). The van der Waals surface area contributed by atoms with E-state index < -0.39 is 0 Å². The molecule has 0 saturated carbocycles. The summed E-state index contributed by atoms with van der Waals surface area (Å²) in [6.07, 6.45) is 1.70. The lowest BCUT2D eigenvalue weighted by molar-refractivity contribution is 1.26. The molecular formula is C8H8N2. The smallest absolute Gasteiger partial charge is 0.0879 e. The van der Waals surface area contributed by atoms with Crippen LogP contribution in [0.1, 0.15) is 5.69 Å². The van der Waals surface area contributed by atoms with Gasteiger partial charge in [-0.2, -0.15) is 0 Å². The second-order valence-corrected chi connectivity index (χ2v) is 1.82. The molecule has 0 radical (unpaired) electrons. The Morgan fingerprint density at radius 3 is 2.80 bits per heavy atom. The summed E-state index contributed by atoms with van der Waals surface area (Å²) in [5.41, 5.74) is 1.39. The lowest BCUT2D eigenvalue weighted by Gasteiger charge is -1.94. The summed E-state index contributed by atoms with van der Waals surface area (Å²) in [5, 5.41) is 0. The minimum Gasteiger partial charge on any atom is -0.263 e. The average Bonchev–Trinajstić information content (AvgIpc) is 2.05. The maximum absolute atomic E-state index is 4.02. The second kappa shape index (κ2) is 2.92. The molecular weight excluding hydrogens is 124 g/mol. The number of aromatic nitrogens is 1. The van der Waals surface area contributed by atoms with Gasteiger partial charge >= 0.3 is 0 Å². The molecule has 1 heterocycles.